The maximum Gasteiger partial charge on any atom is 0.254 e. The van der Waals surface area contributed by atoms with Crippen LogP contribution in [-0.4, -0.2) is 39.2 Å². The van der Waals surface area contributed by atoms with Crippen LogP contribution in [0.2, 0.25) is 0 Å². The van der Waals surface area contributed by atoms with Crippen LogP contribution in [0.3, 0.4) is 0 Å². The van der Waals surface area contributed by atoms with Crippen LogP contribution in [0.5, 0.6) is 0 Å². The molecule has 2 aliphatic rings. The third-order valence-electron chi connectivity index (χ3n) is 5.56. The molecule has 0 saturated carbocycles. The highest BCUT2D eigenvalue weighted by Gasteiger charge is 2.30. The highest BCUT2D eigenvalue weighted by Crippen LogP contribution is 2.33. The van der Waals surface area contributed by atoms with Gasteiger partial charge in [0.15, 0.2) is 5.16 Å². The first kappa shape index (κ1) is 18.3. The molecule has 1 aromatic carbocycles. The number of nitrogens with zero attached hydrogens (tertiary/aromatic N) is 3. The molecule has 0 unspecified atom stereocenters. The number of aryl methyl sites for hydroxylation is 1. The fraction of sp³-hybridized carbons (Fsp3) is 0.476. The fourth-order valence-electron chi connectivity index (χ4n) is 4.08. The first-order valence-electron chi connectivity index (χ1n) is 9.65. The quantitative estimate of drug-likeness (QED) is 0.762. The third kappa shape index (κ3) is 4.10. The molecule has 142 valence electrons. The van der Waals surface area contributed by atoms with E-state index in [1.807, 2.05) is 17.9 Å². The minimum atomic E-state index is -0.0693. The number of thioether (sulfide) groups is 1. The number of carbonyl (C=O) groups excluding carboxylic acids is 1. The van der Waals surface area contributed by atoms with Crippen molar-refractivity contribution in [1.82, 2.24) is 14.5 Å². The number of hydrogen-bond donors (Lipinski definition) is 0. The van der Waals surface area contributed by atoms with Crippen LogP contribution in [0.15, 0.2) is 46.3 Å². The van der Waals surface area contributed by atoms with E-state index in [-0.39, 0.29) is 17.5 Å². The standard InChI is InChI=1S/C21H25N3O2S/c1-15-11-20(26)24-18(14-27-21(24)22-15)13-19(25)23-9-7-17(8-10-23)12-16-5-3-2-4-6-16/h2-6,11,17-18H,7-10,12-14H2,1H3/t18-/m1/s1. The zero-order valence-corrected chi connectivity index (χ0v) is 16.5. The van der Waals surface area contributed by atoms with Gasteiger partial charge in [0.05, 0.1) is 6.04 Å². The molecule has 0 N–H and O–H groups in total. The zero-order valence-electron chi connectivity index (χ0n) is 15.6. The minimum Gasteiger partial charge on any atom is -0.343 e. The summed E-state index contributed by atoms with van der Waals surface area (Å²) in [4.78, 5) is 31.5. The molecule has 0 radical (unpaired) electrons. The molecule has 3 heterocycles. The fourth-order valence-corrected chi connectivity index (χ4v) is 5.27. The molecule has 5 nitrogen and oxygen atoms in total. The van der Waals surface area contributed by atoms with Gasteiger partial charge in [0.25, 0.3) is 5.56 Å². The summed E-state index contributed by atoms with van der Waals surface area (Å²) in [7, 11) is 0. The van der Waals surface area contributed by atoms with Gasteiger partial charge in [-0.05, 0) is 37.7 Å². The smallest absolute Gasteiger partial charge is 0.254 e. The van der Waals surface area contributed by atoms with Gasteiger partial charge in [-0.3, -0.25) is 14.2 Å². The zero-order chi connectivity index (χ0) is 18.8. The Morgan fingerprint density at radius 3 is 2.70 bits per heavy atom. The lowest BCUT2D eigenvalue weighted by Gasteiger charge is -2.32. The number of likely N-dealkylation sites (tertiary alicyclic amines) is 1. The van der Waals surface area contributed by atoms with E-state index >= 15 is 0 Å². The Kier molecular flexibility index (Phi) is 5.34. The highest BCUT2D eigenvalue weighted by atomic mass is 32.2. The van der Waals surface area contributed by atoms with E-state index in [9.17, 15) is 9.59 Å². The van der Waals surface area contributed by atoms with Gasteiger partial charge < -0.3 is 4.90 Å². The predicted molar refractivity (Wildman–Crippen MR) is 107 cm³/mol. The second kappa shape index (κ2) is 7.89. The van der Waals surface area contributed by atoms with Crippen molar-refractivity contribution in [3.05, 3.63) is 58.0 Å². The molecule has 0 aliphatic carbocycles. The Bertz CT molecular complexity index is 873. The molecule has 2 aromatic rings. The molecule has 27 heavy (non-hydrogen) atoms. The summed E-state index contributed by atoms with van der Waals surface area (Å²) in [5.74, 6) is 1.56. The van der Waals surface area contributed by atoms with Gasteiger partial charge >= 0.3 is 0 Å². The lowest BCUT2D eigenvalue weighted by molar-refractivity contribution is -0.133. The molecule has 0 spiro atoms. The Labute approximate surface area is 163 Å². The van der Waals surface area contributed by atoms with Crippen LogP contribution >= 0.6 is 11.8 Å². The second-order valence-electron chi connectivity index (χ2n) is 7.57. The summed E-state index contributed by atoms with van der Waals surface area (Å²) in [6, 6.07) is 12.1. The summed E-state index contributed by atoms with van der Waals surface area (Å²) in [5.41, 5.74) is 2.08. The van der Waals surface area contributed by atoms with Crippen LogP contribution in [0, 0.1) is 12.8 Å². The van der Waals surface area contributed by atoms with Gasteiger partial charge in [-0.25, -0.2) is 4.98 Å². The number of amides is 1. The van der Waals surface area contributed by atoms with Crippen LogP contribution in [0.25, 0.3) is 0 Å². The Balaban J connectivity index is 1.33. The minimum absolute atomic E-state index is 0.0399. The molecule has 4 rings (SSSR count). The van der Waals surface area contributed by atoms with E-state index < -0.39 is 0 Å². The second-order valence-corrected chi connectivity index (χ2v) is 8.56. The van der Waals surface area contributed by atoms with Crippen molar-refractivity contribution in [1.29, 1.82) is 0 Å². The largest absolute Gasteiger partial charge is 0.343 e. The Morgan fingerprint density at radius 1 is 1.22 bits per heavy atom. The van der Waals surface area contributed by atoms with E-state index in [2.05, 4.69) is 29.2 Å². The Hall–Kier alpha value is -2.08. The van der Waals surface area contributed by atoms with Crippen LogP contribution < -0.4 is 5.56 Å². The number of aromatic nitrogens is 2. The number of carbonyl (C=O) groups is 1. The molecule has 1 fully saturated rings. The van der Waals surface area contributed by atoms with Crippen molar-refractivity contribution in [2.75, 3.05) is 18.8 Å². The van der Waals surface area contributed by atoms with Crippen molar-refractivity contribution in [2.45, 2.75) is 43.8 Å². The average Bonchev–Trinajstić information content (AvgIpc) is 3.06. The van der Waals surface area contributed by atoms with E-state index in [4.69, 9.17) is 0 Å². The number of rotatable bonds is 4. The van der Waals surface area contributed by atoms with Gasteiger partial charge in [0.2, 0.25) is 5.91 Å². The highest BCUT2D eigenvalue weighted by molar-refractivity contribution is 7.99. The maximum atomic E-state index is 12.8. The number of fused-ring (bicyclic) bond motifs is 1. The lowest BCUT2D eigenvalue weighted by Crippen LogP contribution is -2.40. The van der Waals surface area contributed by atoms with Crippen LogP contribution in [-0.2, 0) is 11.2 Å². The van der Waals surface area contributed by atoms with Crippen molar-refractivity contribution in [3.8, 4) is 0 Å². The van der Waals surface area contributed by atoms with E-state index in [0.717, 1.165) is 49.0 Å². The van der Waals surface area contributed by atoms with Crippen molar-refractivity contribution >= 4 is 17.7 Å². The SMILES string of the molecule is Cc1cc(=O)n2c(n1)SC[C@H]2CC(=O)N1CCC(Cc2ccccc2)CC1. The van der Waals surface area contributed by atoms with Gasteiger partial charge in [-0.15, -0.1) is 0 Å². The third-order valence-corrected chi connectivity index (χ3v) is 6.66. The van der Waals surface area contributed by atoms with Gasteiger partial charge in [-0.2, -0.15) is 0 Å². The molecule has 1 atom stereocenters. The number of piperidine rings is 1. The van der Waals surface area contributed by atoms with E-state index in [0.29, 0.717) is 12.3 Å². The molecular formula is C21H25N3O2S. The molecule has 6 heteroatoms. The van der Waals surface area contributed by atoms with E-state index in [1.54, 1.807) is 22.4 Å². The predicted octanol–water partition coefficient (Wildman–Crippen LogP) is 3.07. The number of benzene rings is 1. The summed E-state index contributed by atoms with van der Waals surface area (Å²) in [5, 5.41) is 0.749. The van der Waals surface area contributed by atoms with Gasteiger partial charge in [0.1, 0.15) is 0 Å². The molecule has 1 saturated heterocycles. The molecule has 2 aliphatic heterocycles. The summed E-state index contributed by atoms with van der Waals surface area (Å²) >= 11 is 1.58. The normalized spacial score (nSPS) is 19.9. The van der Waals surface area contributed by atoms with Crippen molar-refractivity contribution < 1.29 is 4.79 Å². The first-order chi connectivity index (χ1) is 13.1. The average molecular weight is 384 g/mol. The molecule has 0 bridgehead atoms. The summed E-state index contributed by atoms with van der Waals surface area (Å²) in [6.07, 6.45) is 3.60. The lowest BCUT2D eigenvalue weighted by atomic mass is 9.90. The monoisotopic (exact) mass is 383 g/mol. The molecule has 1 amide bonds. The first-order valence-corrected chi connectivity index (χ1v) is 10.6. The van der Waals surface area contributed by atoms with Crippen molar-refractivity contribution in [3.63, 3.8) is 0 Å². The molecular weight excluding hydrogens is 358 g/mol. The Morgan fingerprint density at radius 2 is 1.96 bits per heavy atom. The van der Waals surface area contributed by atoms with Gasteiger partial charge in [-0.1, -0.05) is 42.1 Å². The topological polar surface area (TPSA) is 55.2 Å². The maximum absolute atomic E-state index is 12.8. The van der Waals surface area contributed by atoms with Crippen LogP contribution in [0.4, 0.5) is 0 Å². The van der Waals surface area contributed by atoms with Crippen molar-refractivity contribution in [2.24, 2.45) is 5.92 Å². The summed E-state index contributed by atoms with van der Waals surface area (Å²) < 4.78 is 1.71. The van der Waals surface area contributed by atoms with Crippen LogP contribution in [0.1, 0.15) is 36.6 Å². The van der Waals surface area contributed by atoms with E-state index in [1.165, 1.54) is 5.56 Å². The van der Waals surface area contributed by atoms with Gasteiger partial charge in [0, 0.05) is 37.0 Å². The summed E-state index contributed by atoms with van der Waals surface area (Å²) in [6.45, 7) is 3.48. The molecule has 1 aromatic heterocycles. The number of hydrogen-bond acceptors (Lipinski definition) is 4.